The highest BCUT2D eigenvalue weighted by molar-refractivity contribution is 5.94. The molecule has 1 heterocycles. The summed E-state index contributed by atoms with van der Waals surface area (Å²) < 4.78 is 0. The van der Waals surface area contributed by atoms with Crippen molar-refractivity contribution in [2.45, 2.75) is 70.3 Å². The topological polar surface area (TPSA) is 237 Å². The van der Waals surface area contributed by atoms with Crippen LogP contribution < -0.4 is 21.7 Å². The van der Waals surface area contributed by atoms with E-state index in [1.807, 2.05) is 0 Å². The van der Waals surface area contributed by atoms with Crippen molar-refractivity contribution in [2.75, 3.05) is 0 Å². The van der Waals surface area contributed by atoms with Crippen molar-refractivity contribution in [3.8, 4) is 0 Å². The maximum atomic E-state index is 12.8. The lowest BCUT2D eigenvalue weighted by molar-refractivity contribution is -0.144. The Bertz CT molecular complexity index is 857. The lowest BCUT2D eigenvalue weighted by Crippen LogP contribution is -2.60. The molecule has 0 saturated carbocycles. The summed E-state index contributed by atoms with van der Waals surface area (Å²) in [6.07, 6.45) is 0.709. The largest absolute Gasteiger partial charge is 0.481 e. The fourth-order valence-electron chi connectivity index (χ4n) is 2.96. The van der Waals surface area contributed by atoms with Crippen LogP contribution in [-0.4, -0.2) is 85.2 Å². The summed E-state index contributed by atoms with van der Waals surface area (Å²) >= 11 is 0. The van der Waals surface area contributed by atoms with Gasteiger partial charge in [-0.1, -0.05) is 13.8 Å². The van der Waals surface area contributed by atoms with Gasteiger partial charge >= 0.3 is 11.9 Å². The normalized spacial score (nSPS) is 15.5. The average molecular weight is 485 g/mol. The minimum atomic E-state index is -1.51. The molecule has 0 bridgehead atoms. The predicted molar refractivity (Wildman–Crippen MR) is 117 cm³/mol. The molecule has 0 aliphatic rings. The third-order valence-corrected chi connectivity index (χ3v) is 4.90. The number of carbonyl (C=O) groups is 5. The Morgan fingerprint density at radius 1 is 1.00 bits per heavy atom. The molecule has 1 rings (SSSR count). The van der Waals surface area contributed by atoms with E-state index >= 15 is 0 Å². The summed E-state index contributed by atoms with van der Waals surface area (Å²) in [5.41, 5.74) is 6.41. The van der Waals surface area contributed by atoms with Crippen LogP contribution in [0.3, 0.4) is 0 Å². The van der Waals surface area contributed by atoms with Crippen molar-refractivity contribution >= 4 is 29.7 Å². The summed E-state index contributed by atoms with van der Waals surface area (Å²) in [4.78, 5) is 66.8. The number of aromatic nitrogens is 2. The number of aliphatic hydroxyl groups is 1. The number of amides is 3. The maximum Gasteiger partial charge on any atom is 0.326 e. The molecule has 0 aliphatic carbocycles. The van der Waals surface area contributed by atoms with E-state index in [1.165, 1.54) is 19.4 Å². The number of aliphatic carboxylic acids is 2. The standard InChI is InChI=1S/C20H32N6O8/c1-9(2)15(20(33)34)25-18(31)13(4-5-14(28)29)24-19(32)16(10(3)27)26-17(30)12(21)6-11-7-22-8-23-11/h7-10,12-13,15-16,27H,4-6,21H2,1-3H3,(H,22,23)(H,24,32)(H,25,31)(H,26,30)(H,28,29)(H,33,34). The third-order valence-electron chi connectivity index (χ3n) is 4.90. The first-order chi connectivity index (χ1) is 15.8. The number of hydrogen-bond donors (Lipinski definition) is 8. The molecule has 190 valence electrons. The summed E-state index contributed by atoms with van der Waals surface area (Å²) in [5, 5.41) is 35.1. The quantitative estimate of drug-likeness (QED) is 0.141. The highest BCUT2D eigenvalue weighted by atomic mass is 16.4. The minimum Gasteiger partial charge on any atom is -0.481 e. The van der Waals surface area contributed by atoms with Gasteiger partial charge in [0.05, 0.1) is 18.5 Å². The number of aliphatic hydroxyl groups excluding tert-OH is 1. The van der Waals surface area contributed by atoms with E-state index in [0.29, 0.717) is 5.69 Å². The van der Waals surface area contributed by atoms with Crippen LogP contribution in [0.1, 0.15) is 39.3 Å². The molecule has 0 fully saturated rings. The highest BCUT2D eigenvalue weighted by Crippen LogP contribution is 2.06. The number of carboxylic acid groups (broad SMARTS) is 2. The van der Waals surface area contributed by atoms with Crippen molar-refractivity contribution in [2.24, 2.45) is 11.7 Å². The van der Waals surface area contributed by atoms with E-state index in [2.05, 4.69) is 25.9 Å². The Kier molecular flexibility index (Phi) is 11.1. The molecule has 3 amide bonds. The zero-order valence-corrected chi connectivity index (χ0v) is 19.1. The molecule has 14 heteroatoms. The first-order valence-electron chi connectivity index (χ1n) is 10.6. The molecule has 0 aliphatic heterocycles. The number of imidazole rings is 1. The molecular formula is C20H32N6O8. The number of aromatic amines is 1. The monoisotopic (exact) mass is 484 g/mol. The Morgan fingerprint density at radius 3 is 2.09 bits per heavy atom. The van der Waals surface area contributed by atoms with Gasteiger partial charge in [-0.05, 0) is 19.3 Å². The molecule has 0 radical (unpaired) electrons. The van der Waals surface area contributed by atoms with Gasteiger partial charge in [0, 0.05) is 24.7 Å². The molecule has 5 unspecified atom stereocenters. The average Bonchev–Trinajstić information content (AvgIpc) is 3.24. The molecule has 0 saturated heterocycles. The molecular weight excluding hydrogens is 452 g/mol. The van der Waals surface area contributed by atoms with Crippen LogP contribution >= 0.6 is 0 Å². The molecule has 1 aromatic rings. The number of nitrogens with one attached hydrogen (secondary N) is 4. The SMILES string of the molecule is CC(C)C(NC(=O)C(CCC(=O)O)NC(=O)C(NC(=O)C(N)Cc1cnc[nH]1)C(C)O)C(=O)O. The van der Waals surface area contributed by atoms with Crippen LogP contribution in [-0.2, 0) is 30.4 Å². The van der Waals surface area contributed by atoms with Gasteiger partial charge in [-0.15, -0.1) is 0 Å². The van der Waals surface area contributed by atoms with E-state index in [1.54, 1.807) is 13.8 Å². The number of carbonyl (C=O) groups excluding carboxylic acids is 3. The van der Waals surface area contributed by atoms with Crippen LogP contribution in [0, 0.1) is 5.92 Å². The fourth-order valence-corrected chi connectivity index (χ4v) is 2.96. The molecule has 14 nitrogen and oxygen atoms in total. The zero-order chi connectivity index (χ0) is 26.0. The second kappa shape index (κ2) is 13.3. The van der Waals surface area contributed by atoms with Crippen molar-refractivity contribution < 1.29 is 39.3 Å². The van der Waals surface area contributed by atoms with Gasteiger partial charge < -0.3 is 42.0 Å². The Hall–Kier alpha value is -3.52. The third kappa shape index (κ3) is 9.15. The van der Waals surface area contributed by atoms with Crippen LogP contribution in [0.4, 0.5) is 0 Å². The smallest absolute Gasteiger partial charge is 0.326 e. The Balaban J connectivity index is 2.93. The number of nitrogens with two attached hydrogens (primary N) is 1. The summed E-state index contributed by atoms with van der Waals surface area (Å²) in [6, 6.07) is -5.30. The fraction of sp³-hybridized carbons (Fsp3) is 0.600. The van der Waals surface area contributed by atoms with E-state index in [4.69, 9.17) is 10.8 Å². The van der Waals surface area contributed by atoms with Crippen molar-refractivity contribution in [1.82, 2.24) is 25.9 Å². The minimum absolute atomic E-state index is 0.0788. The van der Waals surface area contributed by atoms with Gasteiger partial charge in [-0.2, -0.15) is 0 Å². The van der Waals surface area contributed by atoms with E-state index in [-0.39, 0.29) is 12.8 Å². The Labute approximate surface area is 195 Å². The summed E-state index contributed by atoms with van der Waals surface area (Å²) in [5.74, 6) is -5.67. The van der Waals surface area contributed by atoms with E-state index in [0.717, 1.165) is 0 Å². The van der Waals surface area contributed by atoms with Gasteiger partial charge in [0.15, 0.2) is 0 Å². The van der Waals surface area contributed by atoms with Gasteiger partial charge in [0.2, 0.25) is 17.7 Å². The lowest BCUT2D eigenvalue weighted by Gasteiger charge is -2.27. The summed E-state index contributed by atoms with van der Waals surface area (Å²) in [7, 11) is 0. The van der Waals surface area contributed by atoms with Gasteiger partial charge in [-0.3, -0.25) is 19.2 Å². The lowest BCUT2D eigenvalue weighted by atomic mass is 10.0. The Morgan fingerprint density at radius 2 is 1.62 bits per heavy atom. The van der Waals surface area contributed by atoms with Gasteiger partial charge in [-0.25, -0.2) is 9.78 Å². The molecule has 1 aromatic heterocycles. The van der Waals surface area contributed by atoms with Crippen LogP contribution in [0.15, 0.2) is 12.5 Å². The number of hydrogen-bond acceptors (Lipinski definition) is 8. The summed E-state index contributed by atoms with van der Waals surface area (Å²) in [6.45, 7) is 4.36. The number of nitrogens with zero attached hydrogens (tertiary/aromatic N) is 1. The van der Waals surface area contributed by atoms with E-state index < -0.39 is 72.3 Å². The predicted octanol–water partition coefficient (Wildman–Crippen LogP) is -2.28. The van der Waals surface area contributed by atoms with Crippen molar-refractivity contribution in [3.05, 3.63) is 18.2 Å². The number of carboxylic acids is 2. The van der Waals surface area contributed by atoms with Crippen LogP contribution in [0.2, 0.25) is 0 Å². The second-order valence-electron chi connectivity index (χ2n) is 8.18. The van der Waals surface area contributed by atoms with Gasteiger partial charge in [0.25, 0.3) is 0 Å². The maximum absolute atomic E-state index is 12.8. The van der Waals surface area contributed by atoms with Crippen molar-refractivity contribution in [1.29, 1.82) is 0 Å². The molecule has 34 heavy (non-hydrogen) atoms. The highest BCUT2D eigenvalue weighted by Gasteiger charge is 2.33. The first-order valence-corrected chi connectivity index (χ1v) is 10.6. The molecule has 9 N–H and O–H groups in total. The van der Waals surface area contributed by atoms with Crippen LogP contribution in [0.5, 0.6) is 0 Å². The zero-order valence-electron chi connectivity index (χ0n) is 19.1. The number of H-pyrrole nitrogens is 1. The van der Waals surface area contributed by atoms with Crippen molar-refractivity contribution in [3.63, 3.8) is 0 Å². The van der Waals surface area contributed by atoms with Gasteiger partial charge in [0.1, 0.15) is 18.1 Å². The number of rotatable bonds is 14. The molecule has 0 spiro atoms. The second-order valence-corrected chi connectivity index (χ2v) is 8.18. The van der Waals surface area contributed by atoms with E-state index in [9.17, 15) is 34.2 Å². The molecule has 0 aromatic carbocycles. The first kappa shape index (κ1) is 28.5. The molecule has 5 atom stereocenters. The van der Waals surface area contributed by atoms with Crippen LogP contribution in [0.25, 0.3) is 0 Å².